The van der Waals surface area contributed by atoms with E-state index in [4.69, 9.17) is 4.84 Å². The first kappa shape index (κ1) is 9.34. The lowest BCUT2D eigenvalue weighted by Crippen LogP contribution is -2.20. The molecule has 1 aromatic rings. The minimum absolute atomic E-state index is 0.725. The van der Waals surface area contributed by atoms with Crippen molar-refractivity contribution in [2.75, 3.05) is 30.6 Å². The van der Waals surface area contributed by atoms with Gasteiger partial charge in [0.2, 0.25) is 0 Å². The molecule has 0 radical (unpaired) electrons. The van der Waals surface area contributed by atoms with Gasteiger partial charge in [0, 0.05) is 19.3 Å². The van der Waals surface area contributed by atoms with Crippen LogP contribution in [0.1, 0.15) is 12.5 Å². The third kappa shape index (κ3) is 1.55. The van der Waals surface area contributed by atoms with E-state index >= 15 is 0 Å². The molecular weight excluding hydrogens is 176 g/mol. The van der Waals surface area contributed by atoms with Gasteiger partial charge in [0.15, 0.2) is 0 Å². The standard InChI is InChI=1S/C11H16N2O/c1-3-14-13-7-6-9-4-5-10(12-2)8-11(9)13/h4-5,8,12H,3,6-7H2,1-2H3. The van der Waals surface area contributed by atoms with Crippen LogP contribution in [-0.4, -0.2) is 20.2 Å². The fourth-order valence-corrected chi connectivity index (χ4v) is 1.80. The van der Waals surface area contributed by atoms with Crippen LogP contribution in [0.2, 0.25) is 0 Å². The SMILES string of the molecule is CCON1CCc2ccc(NC)cc21. The number of anilines is 2. The Bertz CT molecular complexity index is 323. The maximum Gasteiger partial charge on any atom is 0.0720 e. The van der Waals surface area contributed by atoms with Crippen LogP contribution in [0.4, 0.5) is 11.4 Å². The summed E-state index contributed by atoms with van der Waals surface area (Å²) in [5.41, 5.74) is 3.71. The van der Waals surface area contributed by atoms with E-state index in [1.54, 1.807) is 0 Å². The smallest absolute Gasteiger partial charge is 0.0720 e. The van der Waals surface area contributed by atoms with E-state index in [1.165, 1.54) is 11.3 Å². The highest BCUT2D eigenvalue weighted by Gasteiger charge is 2.19. The van der Waals surface area contributed by atoms with Gasteiger partial charge < -0.3 is 5.32 Å². The molecule has 3 nitrogen and oxygen atoms in total. The predicted molar refractivity (Wildman–Crippen MR) is 58.7 cm³/mol. The zero-order chi connectivity index (χ0) is 9.97. The topological polar surface area (TPSA) is 24.5 Å². The van der Waals surface area contributed by atoms with Crippen molar-refractivity contribution in [3.8, 4) is 0 Å². The summed E-state index contributed by atoms with van der Waals surface area (Å²) in [7, 11) is 1.93. The Hall–Kier alpha value is -1.22. The molecule has 76 valence electrons. The van der Waals surface area contributed by atoms with Crippen LogP contribution in [-0.2, 0) is 11.3 Å². The average Bonchev–Trinajstić information content (AvgIpc) is 2.61. The summed E-state index contributed by atoms with van der Waals surface area (Å²) in [5.74, 6) is 0. The van der Waals surface area contributed by atoms with Gasteiger partial charge >= 0.3 is 0 Å². The fourth-order valence-electron chi connectivity index (χ4n) is 1.80. The second kappa shape index (κ2) is 3.88. The Balaban J connectivity index is 2.27. The second-order valence-electron chi connectivity index (χ2n) is 3.36. The van der Waals surface area contributed by atoms with Gasteiger partial charge in [0.1, 0.15) is 0 Å². The Morgan fingerprint density at radius 3 is 3.07 bits per heavy atom. The van der Waals surface area contributed by atoms with Crippen LogP contribution < -0.4 is 10.4 Å². The largest absolute Gasteiger partial charge is 0.388 e. The van der Waals surface area contributed by atoms with E-state index in [-0.39, 0.29) is 0 Å². The number of fused-ring (bicyclic) bond motifs is 1. The lowest BCUT2D eigenvalue weighted by Gasteiger charge is -2.18. The van der Waals surface area contributed by atoms with Gasteiger partial charge in [-0.05, 0) is 31.0 Å². The third-order valence-electron chi connectivity index (χ3n) is 2.51. The van der Waals surface area contributed by atoms with E-state index in [2.05, 4.69) is 23.5 Å². The van der Waals surface area contributed by atoms with E-state index in [0.717, 1.165) is 25.3 Å². The highest BCUT2D eigenvalue weighted by atomic mass is 16.7. The molecule has 3 heteroatoms. The van der Waals surface area contributed by atoms with Crippen molar-refractivity contribution in [3.63, 3.8) is 0 Å². The third-order valence-corrected chi connectivity index (χ3v) is 2.51. The molecule has 0 fully saturated rings. The number of hydrogen-bond acceptors (Lipinski definition) is 3. The number of nitrogens with zero attached hydrogens (tertiary/aromatic N) is 1. The number of rotatable bonds is 3. The summed E-state index contributed by atoms with van der Waals surface area (Å²) < 4.78 is 0. The molecule has 0 saturated heterocycles. The van der Waals surface area contributed by atoms with Crippen molar-refractivity contribution >= 4 is 11.4 Å². The van der Waals surface area contributed by atoms with Gasteiger partial charge in [-0.2, -0.15) is 0 Å². The van der Waals surface area contributed by atoms with Crippen molar-refractivity contribution < 1.29 is 4.84 Å². The maximum atomic E-state index is 5.53. The molecule has 0 aliphatic carbocycles. The highest BCUT2D eigenvalue weighted by molar-refractivity contribution is 5.64. The molecule has 1 aliphatic heterocycles. The van der Waals surface area contributed by atoms with Crippen molar-refractivity contribution in [2.45, 2.75) is 13.3 Å². The first-order chi connectivity index (χ1) is 6.85. The minimum Gasteiger partial charge on any atom is -0.388 e. The Morgan fingerprint density at radius 1 is 1.50 bits per heavy atom. The van der Waals surface area contributed by atoms with Crippen molar-refractivity contribution in [1.82, 2.24) is 0 Å². The van der Waals surface area contributed by atoms with Crippen molar-refractivity contribution in [3.05, 3.63) is 23.8 Å². The molecular formula is C11H16N2O. The molecule has 1 aromatic carbocycles. The van der Waals surface area contributed by atoms with E-state index < -0.39 is 0 Å². The quantitative estimate of drug-likeness (QED) is 0.793. The molecule has 1 heterocycles. The fraction of sp³-hybridized carbons (Fsp3) is 0.455. The van der Waals surface area contributed by atoms with Crippen LogP contribution in [0.5, 0.6) is 0 Å². The Morgan fingerprint density at radius 2 is 2.36 bits per heavy atom. The molecule has 0 aromatic heterocycles. The minimum atomic E-state index is 0.725. The zero-order valence-corrected chi connectivity index (χ0v) is 8.71. The first-order valence-electron chi connectivity index (χ1n) is 5.06. The monoisotopic (exact) mass is 192 g/mol. The van der Waals surface area contributed by atoms with Gasteiger partial charge in [-0.1, -0.05) is 6.07 Å². The molecule has 0 amide bonds. The summed E-state index contributed by atoms with van der Waals surface area (Å²) >= 11 is 0. The summed E-state index contributed by atoms with van der Waals surface area (Å²) in [6.07, 6.45) is 1.08. The van der Waals surface area contributed by atoms with E-state index in [9.17, 15) is 0 Å². The number of hydrogen-bond donors (Lipinski definition) is 1. The zero-order valence-electron chi connectivity index (χ0n) is 8.71. The van der Waals surface area contributed by atoms with Crippen LogP contribution in [0.15, 0.2) is 18.2 Å². The Labute approximate surface area is 84.6 Å². The molecule has 14 heavy (non-hydrogen) atoms. The summed E-state index contributed by atoms with van der Waals surface area (Å²) in [4.78, 5) is 5.53. The molecule has 0 spiro atoms. The molecule has 0 saturated carbocycles. The van der Waals surface area contributed by atoms with Gasteiger partial charge in [0.25, 0.3) is 0 Å². The van der Waals surface area contributed by atoms with E-state index in [0.29, 0.717) is 0 Å². The molecule has 1 N–H and O–H groups in total. The predicted octanol–water partition coefficient (Wildman–Crippen LogP) is 2.04. The van der Waals surface area contributed by atoms with Crippen LogP contribution in [0.3, 0.4) is 0 Å². The lowest BCUT2D eigenvalue weighted by molar-refractivity contribution is 0.126. The van der Waals surface area contributed by atoms with Crippen molar-refractivity contribution in [2.24, 2.45) is 0 Å². The van der Waals surface area contributed by atoms with Crippen LogP contribution >= 0.6 is 0 Å². The summed E-state index contributed by atoms with van der Waals surface area (Å²) in [5, 5.41) is 5.12. The second-order valence-corrected chi connectivity index (χ2v) is 3.36. The Kier molecular flexibility index (Phi) is 2.59. The van der Waals surface area contributed by atoms with Crippen LogP contribution in [0.25, 0.3) is 0 Å². The normalized spacial score (nSPS) is 14.3. The number of nitrogens with one attached hydrogen (secondary N) is 1. The lowest BCUT2D eigenvalue weighted by atomic mass is 10.1. The van der Waals surface area contributed by atoms with Gasteiger partial charge in [0.05, 0.1) is 12.3 Å². The van der Waals surface area contributed by atoms with Crippen molar-refractivity contribution in [1.29, 1.82) is 0 Å². The summed E-state index contributed by atoms with van der Waals surface area (Å²) in [6.45, 7) is 3.71. The summed E-state index contributed by atoms with van der Waals surface area (Å²) in [6, 6.07) is 6.41. The highest BCUT2D eigenvalue weighted by Crippen LogP contribution is 2.30. The van der Waals surface area contributed by atoms with Gasteiger partial charge in [-0.25, -0.2) is 0 Å². The maximum absolute atomic E-state index is 5.53. The van der Waals surface area contributed by atoms with Gasteiger partial charge in [-0.15, -0.1) is 0 Å². The molecule has 2 rings (SSSR count). The molecule has 0 atom stereocenters. The van der Waals surface area contributed by atoms with E-state index in [1.807, 2.05) is 19.0 Å². The average molecular weight is 192 g/mol. The van der Waals surface area contributed by atoms with Gasteiger partial charge in [-0.3, -0.25) is 9.90 Å². The molecule has 0 bridgehead atoms. The molecule has 0 unspecified atom stereocenters. The number of hydroxylamine groups is 1. The molecule has 1 aliphatic rings. The first-order valence-corrected chi connectivity index (χ1v) is 5.06. The number of benzene rings is 1. The van der Waals surface area contributed by atoms with Crippen LogP contribution in [0, 0.1) is 0 Å².